The summed E-state index contributed by atoms with van der Waals surface area (Å²) in [5.74, 6) is -0.341. The molecule has 15 aromatic carbocycles. The van der Waals surface area contributed by atoms with Gasteiger partial charge in [-0.3, -0.25) is 0 Å². The molecule has 2 heteroatoms. The molecule has 95 heavy (non-hydrogen) atoms. The fourth-order valence-electron chi connectivity index (χ4n) is 15.7. The van der Waals surface area contributed by atoms with Crippen LogP contribution in [0, 0.1) is 0 Å². The minimum atomic E-state index is -0.238. The van der Waals surface area contributed by atoms with Gasteiger partial charge in [0.15, 0.2) is 0 Å². The van der Waals surface area contributed by atoms with Crippen molar-refractivity contribution in [1.82, 2.24) is 0 Å². The van der Waals surface area contributed by atoms with Crippen LogP contribution >= 0.6 is 0 Å². The molecule has 0 saturated carbocycles. The van der Waals surface area contributed by atoms with Crippen molar-refractivity contribution in [3.05, 3.63) is 408 Å². The van der Waals surface area contributed by atoms with Gasteiger partial charge in [-0.05, 0) is 173 Å². The van der Waals surface area contributed by atoms with Crippen LogP contribution in [-0.2, 0) is 6.42 Å². The normalized spacial score (nSPS) is 12.9. The Kier molecular flexibility index (Phi) is 13.8. The first-order valence-corrected chi connectivity index (χ1v) is 33.2. The largest absolute Gasteiger partial charge is 0.309 e. The summed E-state index contributed by atoms with van der Waals surface area (Å²) < 4.78 is 0. The standard InChI is InChI=1S/C93H64N2/c1-9-29-62(30-10-1)70-49-51-85-83(54-70)90-84-55-71(63-31-11-2-12-32-63)50-52-86(84)95(93-81(68-41-21-7-22-42-68)58-75(65-35-15-4-16-36-65)59-82(93)69-43-23-8-24-44-69)88-61-76(89-77-47-27-25-45-72(77)53-73-46-26-28-48-78(73)89)60-87(91(88)90)94(85)92-79(66-37-17-5-18-38-66)56-74(64-33-13-3-14-34-64)57-80(92)67-39-19-6-20-40-67/h1-52,54-61,89-90H,53H2. The third kappa shape index (κ3) is 9.72. The van der Waals surface area contributed by atoms with Crippen LogP contribution in [0.15, 0.2) is 364 Å². The van der Waals surface area contributed by atoms with E-state index in [0.717, 1.165) is 107 Å². The number of hydrogen-bond acceptors (Lipinski definition) is 2. The molecule has 2 nitrogen and oxygen atoms in total. The van der Waals surface area contributed by atoms with E-state index < -0.39 is 0 Å². The molecule has 0 amide bonds. The van der Waals surface area contributed by atoms with E-state index in [0.29, 0.717) is 0 Å². The molecule has 18 rings (SSSR count). The predicted molar refractivity (Wildman–Crippen MR) is 397 cm³/mol. The van der Waals surface area contributed by atoms with Crippen molar-refractivity contribution in [1.29, 1.82) is 0 Å². The second kappa shape index (κ2) is 23.5. The zero-order valence-electron chi connectivity index (χ0n) is 52.4. The molecule has 2 heterocycles. The van der Waals surface area contributed by atoms with E-state index in [1.54, 1.807) is 0 Å². The van der Waals surface area contributed by atoms with Crippen molar-refractivity contribution in [2.24, 2.45) is 0 Å². The molecule has 2 aliphatic heterocycles. The lowest BCUT2D eigenvalue weighted by Gasteiger charge is -2.47. The number of hydrogen-bond donors (Lipinski definition) is 0. The molecule has 0 spiro atoms. The van der Waals surface area contributed by atoms with Gasteiger partial charge < -0.3 is 9.80 Å². The van der Waals surface area contributed by atoms with Crippen LogP contribution in [0.5, 0.6) is 0 Å². The van der Waals surface area contributed by atoms with Crippen molar-refractivity contribution in [2.75, 3.05) is 9.80 Å². The maximum absolute atomic E-state index is 2.71. The summed E-state index contributed by atoms with van der Waals surface area (Å²) in [6.45, 7) is 0. The molecule has 0 unspecified atom stereocenters. The van der Waals surface area contributed by atoms with Gasteiger partial charge in [0.25, 0.3) is 0 Å². The van der Waals surface area contributed by atoms with Gasteiger partial charge in [-0.15, -0.1) is 0 Å². The Morgan fingerprint density at radius 2 is 0.484 bits per heavy atom. The maximum Gasteiger partial charge on any atom is 0.0619 e. The van der Waals surface area contributed by atoms with Crippen LogP contribution in [0.4, 0.5) is 34.1 Å². The van der Waals surface area contributed by atoms with Crippen LogP contribution in [0.3, 0.4) is 0 Å². The summed E-state index contributed by atoms with van der Waals surface area (Å²) in [6, 6.07) is 137. The summed E-state index contributed by atoms with van der Waals surface area (Å²) >= 11 is 0. The smallest absolute Gasteiger partial charge is 0.0619 e. The fraction of sp³-hybridized carbons (Fsp3) is 0.0323. The molecule has 0 radical (unpaired) electrons. The van der Waals surface area contributed by atoms with Gasteiger partial charge in [-0.1, -0.05) is 303 Å². The molecular weight excluding hydrogens is 1150 g/mol. The SMILES string of the molecule is c1ccc(-c2cc(-c3ccccc3)c(N3c4ccc(-c5ccccc5)cc4C4c5cc(-c6ccccc6)ccc5N(c5c(-c6ccccc6)cc(-c6ccccc6)cc5-c5ccccc5)c5cc(C6c7ccccc7Cc7ccccc76)cc3c54)c(-c3ccccc3)c2)cc1. The van der Waals surface area contributed by atoms with Crippen LogP contribution in [0.25, 0.3) is 89.0 Å². The minimum Gasteiger partial charge on any atom is -0.309 e. The Bertz CT molecular complexity index is 4910. The predicted octanol–water partition coefficient (Wildman–Crippen LogP) is 24.9. The van der Waals surface area contributed by atoms with Gasteiger partial charge in [-0.2, -0.15) is 0 Å². The van der Waals surface area contributed by atoms with Crippen LogP contribution in [0.2, 0.25) is 0 Å². The van der Waals surface area contributed by atoms with E-state index in [2.05, 4.69) is 374 Å². The highest BCUT2D eigenvalue weighted by Crippen LogP contribution is 2.65. The Morgan fingerprint density at radius 1 is 0.200 bits per heavy atom. The summed E-state index contributed by atoms with van der Waals surface area (Å²) in [6.07, 6.45) is 0.873. The lowest BCUT2D eigenvalue weighted by molar-refractivity contribution is 0.870. The Hall–Kier alpha value is -12.1. The Morgan fingerprint density at radius 3 is 0.811 bits per heavy atom. The van der Waals surface area contributed by atoms with Crippen LogP contribution in [-0.4, -0.2) is 0 Å². The van der Waals surface area contributed by atoms with E-state index in [1.165, 1.54) is 66.8 Å². The van der Waals surface area contributed by atoms with E-state index in [9.17, 15) is 0 Å². The monoisotopic (exact) mass is 1210 g/mol. The molecule has 0 aromatic heterocycles. The molecule has 446 valence electrons. The summed E-state index contributed by atoms with van der Waals surface area (Å²) in [7, 11) is 0. The summed E-state index contributed by atoms with van der Waals surface area (Å²) in [4.78, 5) is 5.42. The Balaban J connectivity index is 1.05. The van der Waals surface area contributed by atoms with Gasteiger partial charge in [0.05, 0.1) is 34.1 Å². The van der Waals surface area contributed by atoms with Gasteiger partial charge >= 0.3 is 0 Å². The maximum atomic E-state index is 2.71. The highest BCUT2D eigenvalue weighted by molar-refractivity contribution is 6.08. The number of anilines is 6. The number of benzene rings is 15. The van der Waals surface area contributed by atoms with Gasteiger partial charge in [0.2, 0.25) is 0 Å². The van der Waals surface area contributed by atoms with Crippen molar-refractivity contribution in [3.63, 3.8) is 0 Å². The summed E-state index contributed by atoms with van der Waals surface area (Å²) in [5, 5.41) is 0. The van der Waals surface area contributed by atoms with Gasteiger partial charge in [0, 0.05) is 39.7 Å². The first-order chi connectivity index (χ1) is 47.1. The molecule has 0 atom stereocenters. The molecule has 0 fully saturated rings. The molecule has 3 aliphatic rings. The molecule has 15 aromatic rings. The topological polar surface area (TPSA) is 6.48 Å². The average molecular weight is 1210 g/mol. The third-order valence-electron chi connectivity index (χ3n) is 20.0. The van der Waals surface area contributed by atoms with Crippen molar-refractivity contribution < 1.29 is 0 Å². The van der Waals surface area contributed by atoms with E-state index in [1.807, 2.05) is 0 Å². The zero-order valence-corrected chi connectivity index (χ0v) is 52.4. The molecule has 0 saturated heterocycles. The van der Waals surface area contributed by atoms with Crippen molar-refractivity contribution >= 4 is 34.1 Å². The second-order valence-electron chi connectivity index (χ2n) is 25.4. The minimum absolute atomic E-state index is 0.103. The highest BCUT2D eigenvalue weighted by Gasteiger charge is 2.45. The molecule has 0 bridgehead atoms. The van der Waals surface area contributed by atoms with Gasteiger partial charge in [-0.25, -0.2) is 0 Å². The van der Waals surface area contributed by atoms with E-state index >= 15 is 0 Å². The highest BCUT2D eigenvalue weighted by atomic mass is 15.2. The lowest BCUT2D eigenvalue weighted by atomic mass is 9.71. The third-order valence-corrected chi connectivity index (χ3v) is 20.0. The van der Waals surface area contributed by atoms with E-state index in [-0.39, 0.29) is 11.8 Å². The Labute approximate surface area is 556 Å². The van der Waals surface area contributed by atoms with Crippen LogP contribution in [0.1, 0.15) is 56.3 Å². The number of rotatable bonds is 11. The van der Waals surface area contributed by atoms with Crippen molar-refractivity contribution in [3.8, 4) is 89.0 Å². The van der Waals surface area contributed by atoms with Crippen molar-refractivity contribution in [2.45, 2.75) is 18.3 Å². The first kappa shape index (κ1) is 55.7. The summed E-state index contributed by atoms with van der Waals surface area (Å²) in [5.41, 5.74) is 35.6. The molecule has 0 N–H and O–H groups in total. The molecular formula is C93H64N2. The fourth-order valence-corrected chi connectivity index (χ4v) is 15.7. The van der Waals surface area contributed by atoms with Gasteiger partial charge in [0.1, 0.15) is 0 Å². The number of fused-ring (bicyclic) bond motifs is 6. The second-order valence-corrected chi connectivity index (χ2v) is 25.4. The molecule has 1 aliphatic carbocycles. The van der Waals surface area contributed by atoms with Crippen LogP contribution < -0.4 is 9.80 Å². The lowest BCUT2D eigenvalue weighted by Crippen LogP contribution is -2.31. The average Bonchev–Trinajstić information content (AvgIpc) is 0.686. The quantitative estimate of drug-likeness (QED) is 0.127. The zero-order chi connectivity index (χ0) is 62.8. The first-order valence-electron chi connectivity index (χ1n) is 33.2. The number of nitrogens with zero attached hydrogens (tertiary/aromatic N) is 2. The van der Waals surface area contributed by atoms with E-state index in [4.69, 9.17) is 0 Å².